The van der Waals surface area contributed by atoms with E-state index >= 15 is 0 Å². The van der Waals surface area contributed by atoms with E-state index in [1.807, 2.05) is 0 Å². The molecule has 0 saturated heterocycles. The van der Waals surface area contributed by atoms with Crippen LogP contribution in [-0.2, 0) is 0 Å². The number of aliphatic hydroxyl groups excluding tert-OH is 1. The molecule has 0 aliphatic heterocycles. The predicted octanol–water partition coefficient (Wildman–Crippen LogP) is -3.22. The molecule has 150 valence electrons. The number of carbonyl (C=O) groups is 1. The third-order valence-electron chi connectivity index (χ3n) is 3.88. The third-order valence-corrected chi connectivity index (χ3v) is 4.18. The molecule has 1 amide bonds. The van der Waals surface area contributed by atoms with Crippen LogP contribution in [0.5, 0.6) is 0 Å². The first-order valence-corrected chi connectivity index (χ1v) is 8.70. The normalized spacial score (nSPS) is 13.2. The standard InChI is InChI=1S/C15H21B2ClN4O6/c16-14(17,25)13(15(26,27)28)22-11-4-8(9(18)6-21-11)7-3-10(20-5-7)12(24)19-1-2-23/h3-6,13,20,23,25-28H,1-2,16-17H2,(H,19,24)(H,21,22). The van der Waals surface area contributed by atoms with Crippen LogP contribution in [-0.4, -0.2) is 87.7 Å². The molecular formula is C15H21B2ClN4O6. The van der Waals surface area contributed by atoms with Gasteiger partial charge in [0.2, 0.25) is 0 Å². The zero-order valence-electron chi connectivity index (χ0n) is 15.3. The van der Waals surface area contributed by atoms with E-state index in [2.05, 4.69) is 20.6 Å². The number of hydrogen-bond acceptors (Lipinski definition) is 8. The van der Waals surface area contributed by atoms with Crippen LogP contribution in [0.2, 0.25) is 5.02 Å². The fourth-order valence-electron chi connectivity index (χ4n) is 2.58. The van der Waals surface area contributed by atoms with Crippen molar-refractivity contribution < 1.29 is 30.3 Å². The summed E-state index contributed by atoms with van der Waals surface area (Å²) in [5, 5.41) is 51.0. The van der Waals surface area contributed by atoms with E-state index in [1.54, 1.807) is 12.3 Å². The van der Waals surface area contributed by atoms with Crippen molar-refractivity contribution in [2.24, 2.45) is 0 Å². The summed E-state index contributed by atoms with van der Waals surface area (Å²) >= 11 is 6.18. The van der Waals surface area contributed by atoms with Crippen LogP contribution in [0.15, 0.2) is 24.5 Å². The number of aromatic nitrogens is 2. The molecule has 0 bridgehead atoms. The van der Waals surface area contributed by atoms with Gasteiger partial charge in [0, 0.05) is 35.5 Å². The van der Waals surface area contributed by atoms with Crippen molar-refractivity contribution in [2.75, 3.05) is 18.5 Å². The predicted molar refractivity (Wildman–Crippen MR) is 107 cm³/mol. The molecule has 0 saturated carbocycles. The zero-order chi connectivity index (χ0) is 21.1. The van der Waals surface area contributed by atoms with Gasteiger partial charge >= 0.3 is 0 Å². The van der Waals surface area contributed by atoms with Gasteiger partial charge in [-0.25, -0.2) is 4.98 Å². The lowest BCUT2D eigenvalue weighted by Gasteiger charge is -2.36. The lowest BCUT2D eigenvalue weighted by molar-refractivity contribution is -0.326. The smallest absolute Gasteiger partial charge is 0.298 e. The van der Waals surface area contributed by atoms with Gasteiger partial charge in [-0.2, -0.15) is 0 Å². The number of pyridine rings is 1. The average Bonchev–Trinajstić information content (AvgIpc) is 3.06. The second kappa shape index (κ2) is 8.52. The van der Waals surface area contributed by atoms with Gasteiger partial charge in [0.15, 0.2) is 0 Å². The number of nitrogens with one attached hydrogen (secondary N) is 3. The van der Waals surface area contributed by atoms with Crippen molar-refractivity contribution in [3.8, 4) is 11.1 Å². The molecule has 0 fully saturated rings. The fraction of sp³-hybridized carbons (Fsp3) is 0.333. The number of carbonyl (C=O) groups excluding carboxylic acids is 1. The first kappa shape index (κ1) is 22.2. The Hall–Kier alpha value is -2.08. The average molecular weight is 410 g/mol. The van der Waals surface area contributed by atoms with Crippen molar-refractivity contribution in [1.29, 1.82) is 0 Å². The maximum Gasteiger partial charge on any atom is 0.298 e. The molecule has 2 heterocycles. The van der Waals surface area contributed by atoms with Crippen molar-refractivity contribution >= 4 is 39.0 Å². The van der Waals surface area contributed by atoms with E-state index in [1.165, 1.54) is 28.0 Å². The third kappa shape index (κ3) is 5.47. The van der Waals surface area contributed by atoms with E-state index in [9.17, 15) is 25.2 Å². The van der Waals surface area contributed by atoms with E-state index in [0.717, 1.165) is 0 Å². The largest absolute Gasteiger partial charge is 0.405 e. The van der Waals surface area contributed by atoms with Crippen LogP contribution in [0.25, 0.3) is 11.1 Å². The Morgan fingerprint density at radius 1 is 1.29 bits per heavy atom. The first-order chi connectivity index (χ1) is 12.9. The number of rotatable bonds is 8. The minimum absolute atomic E-state index is 0.0977. The Morgan fingerprint density at radius 2 is 1.96 bits per heavy atom. The summed E-state index contributed by atoms with van der Waals surface area (Å²) in [5.74, 6) is -3.52. The molecule has 2 rings (SSSR count). The monoisotopic (exact) mass is 410 g/mol. The highest BCUT2D eigenvalue weighted by Gasteiger charge is 2.42. The summed E-state index contributed by atoms with van der Waals surface area (Å²) in [5.41, 5.74) is 1.26. The van der Waals surface area contributed by atoms with Crippen LogP contribution in [0.1, 0.15) is 10.5 Å². The number of aromatic amines is 1. The number of halogens is 1. The number of aliphatic hydroxyl groups is 5. The van der Waals surface area contributed by atoms with Crippen molar-refractivity contribution in [2.45, 2.75) is 17.4 Å². The summed E-state index contributed by atoms with van der Waals surface area (Å²) in [4.78, 5) is 18.7. The second-order valence-corrected chi connectivity index (χ2v) is 7.16. The Bertz CT molecular complexity index is 823. The summed E-state index contributed by atoms with van der Waals surface area (Å²) in [6, 6.07) is 1.41. The SMILES string of the molecule is BC(B)(O)C(Nc1cc(-c2c[nH]c(C(=O)NCCO)c2)c(Cl)cn1)C(O)(O)O. The molecule has 2 aromatic heterocycles. The number of H-pyrrole nitrogens is 1. The number of nitrogens with zero attached hydrogens (tertiary/aromatic N) is 1. The molecule has 1 unspecified atom stereocenters. The van der Waals surface area contributed by atoms with Crippen molar-refractivity contribution in [3.05, 3.63) is 35.2 Å². The molecule has 0 spiro atoms. The molecule has 2 aromatic rings. The number of amides is 1. The van der Waals surface area contributed by atoms with Crippen LogP contribution in [0.3, 0.4) is 0 Å². The highest BCUT2D eigenvalue weighted by molar-refractivity contribution is 6.39. The minimum Gasteiger partial charge on any atom is -0.405 e. The maximum atomic E-state index is 11.9. The Balaban J connectivity index is 2.31. The van der Waals surface area contributed by atoms with Gasteiger partial charge in [-0.3, -0.25) is 4.79 Å². The van der Waals surface area contributed by atoms with E-state index < -0.39 is 23.3 Å². The fourth-order valence-corrected chi connectivity index (χ4v) is 2.79. The minimum atomic E-state index is -3.22. The van der Waals surface area contributed by atoms with Crippen LogP contribution in [0.4, 0.5) is 5.82 Å². The maximum absolute atomic E-state index is 11.9. The lowest BCUT2D eigenvalue weighted by Crippen LogP contribution is -2.61. The second-order valence-electron chi connectivity index (χ2n) is 6.75. The van der Waals surface area contributed by atoms with Gasteiger partial charge in [0.05, 0.1) is 11.6 Å². The van der Waals surface area contributed by atoms with Crippen molar-refractivity contribution in [1.82, 2.24) is 15.3 Å². The van der Waals surface area contributed by atoms with Crippen LogP contribution in [0, 0.1) is 0 Å². The van der Waals surface area contributed by atoms with Gasteiger partial charge in [-0.15, -0.1) is 0 Å². The molecule has 28 heavy (non-hydrogen) atoms. The molecule has 1 atom stereocenters. The van der Waals surface area contributed by atoms with E-state index in [0.29, 0.717) is 11.1 Å². The number of anilines is 1. The van der Waals surface area contributed by atoms with Gasteiger partial charge in [-0.1, -0.05) is 11.6 Å². The lowest BCUT2D eigenvalue weighted by atomic mass is 9.60. The summed E-state index contributed by atoms with van der Waals surface area (Å²) in [7, 11) is 2.56. The van der Waals surface area contributed by atoms with Gasteiger partial charge in [0.25, 0.3) is 11.9 Å². The topological polar surface area (TPSA) is 171 Å². The first-order valence-electron chi connectivity index (χ1n) is 8.33. The highest BCUT2D eigenvalue weighted by atomic mass is 35.5. The van der Waals surface area contributed by atoms with Gasteiger partial charge in [0.1, 0.15) is 33.2 Å². The summed E-state index contributed by atoms with van der Waals surface area (Å²) in [6.07, 6.45) is 2.84. The van der Waals surface area contributed by atoms with E-state index in [4.69, 9.17) is 16.7 Å². The molecule has 0 radical (unpaired) electrons. The van der Waals surface area contributed by atoms with Crippen LogP contribution >= 0.6 is 11.6 Å². The molecule has 13 heteroatoms. The summed E-state index contributed by atoms with van der Waals surface area (Å²) < 4.78 is 0. The Kier molecular flexibility index (Phi) is 6.75. The quantitative estimate of drug-likeness (QED) is 0.166. The van der Waals surface area contributed by atoms with E-state index in [-0.39, 0.29) is 29.7 Å². The Labute approximate surface area is 167 Å². The van der Waals surface area contributed by atoms with Crippen LogP contribution < -0.4 is 10.6 Å². The molecule has 0 aromatic carbocycles. The number of hydrogen-bond donors (Lipinski definition) is 8. The molecule has 0 aliphatic carbocycles. The highest BCUT2D eigenvalue weighted by Crippen LogP contribution is 2.30. The molecule has 10 nitrogen and oxygen atoms in total. The molecule has 0 aliphatic rings. The molecular weight excluding hydrogens is 389 g/mol. The van der Waals surface area contributed by atoms with Gasteiger partial charge in [-0.05, 0) is 12.1 Å². The van der Waals surface area contributed by atoms with Crippen molar-refractivity contribution in [3.63, 3.8) is 0 Å². The molecule has 8 N–H and O–H groups in total. The zero-order valence-corrected chi connectivity index (χ0v) is 16.0. The Morgan fingerprint density at radius 3 is 2.54 bits per heavy atom. The summed E-state index contributed by atoms with van der Waals surface area (Å²) in [6.45, 7) is -0.0736. The van der Waals surface area contributed by atoms with Gasteiger partial charge < -0.3 is 41.2 Å².